The number of carbonyl (C=O) groups excluding carboxylic acids is 6. The summed E-state index contributed by atoms with van der Waals surface area (Å²) in [4.78, 5) is 84.2. The van der Waals surface area contributed by atoms with E-state index in [0.29, 0.717) is 63.4 Å². The molecule has 4 aliphatic rings. The Bertz CT molecular complexity index is 1970. The van der Waals surface area contributed by atoms with Crippen LogP contribution in [0.25, 0.3) is 0 Å². The predicted molar refractivity (Wildman–Crippen MR) is 274 cm³/mol. The summed E-state index contributed by atoms with van der Waals surface area (Å²) in [5, 5.41) is 26.2. The van der Waals surface area contributed by atoms with Crippen molar-refractivity contribution in [3.63, 3.8) is 0 Å². The number of nitrogens with zero attached hydrogens (tertiary/aromatic N) is 1. The molecular weight excluding hydrogens is 941 g/mol. The van der Waals surface area contributed by atoms with Crippen LogP contribution in [0.5, 0.6) is 0 Å². The number of rotatable bonds is 11. The van der Waals surface area contributed by atoms with Crippen LogP contribution in [0.2, 0.25) is 0 Å². The number of aliphatic hydroxyl groups is 2. The number of Topliss-reactive ketones (excluding diaryl/α,β-unsaturated/α-hetero) is 3. The van der Waals surface area contributed by atoms with Gasteiger partial charge in [-0.3, -0.25) is 19.2 Å². The van der Waals surface area contributed by atoms with Gasteiger partial charge in [-0.2, -0.15) is 0 Å². The van der Waals surface area contributed by atoms with Gasteiger partial charge in [0.25, 0.3) is 11.7 Å². The number of allylic oxidation sites excluding steroid dienone is 6. The molecule has 15 atom stereocenters. The fourth-order valence-corrected chi connectivity index (χ4v) is 10.8. The maximum Gasteiger partial charge on any atom is 0.407 e. The molecule has 2 saturated heterocycles. The Balaban J connectivity index is 1.66. The SMILES string of the molecule is CCOC(=O)NCCO[C@@H]1CC[C@@H](C[C@@H](C)[C@@H]2CC(=O)[C@H](C)/C=C(\C)[C@@H](O)[C@@H](OC)C(=O)[C@H](C)C[C@H](C)/C=C/C=C/C=C(\C)[C@@H](OC)CC3CC[C@@H](C)[C@@](O)(O3)C(=O)C(=O)N3CCCCC3C(=O)O2)C[C@H]1OC. The van der Waals surface area contributed by atoms with E-state index in [1.807, 2.05) is 58.1 Å². The standard InChI is InChI=1S/C56H88N2O15/c1-12-70-55(65)57-25-27-71-45-24-22-41(31-48(45)68-10)30-37(5)47-33-44(59)36(4)29-39(7)50(61)51(69-11)49(60)38(6)28-34(2)18-14-13-15-19-35(3)46(67-9)32-42-23-21-40(8)56(66,73-42)52(62)53(63)58-26-17-16-20-43(58)54(64)72-47/h13-15,18-19,29,34,36-38,40-43,45-48,50-51,61,66H,12,16-17,20-28,30-33H2,1-11H3,(H,57,65)/b15-13+,18-14+,35-19+,39-29+/t34-,36-,37-,38-,40-,41+,42?,43?,45-,46+,47+,48-,50-,51+,56-/m1/s1. The Morgan fingerprint density at radius 2 is 1.63 bits per heavy atom. The van der Waals surface area contributed by atoms with Crippen LogP contribution >= 0.6 is 0 Å². The largest absolute Gasteiger partial charge is 0.460 e. The monoisotopic (exact) mass is 1030 g/mol. The summed E-state index contributed by atoms with van der Waals surface area (Å²) in [6.07, 6.45) is 11.1. The van der Waals surface area contributed by atoms with Crippen molar-refractivity contribution < 1.29 is 72.1 Å². The summed E-state index contributed by atoms with van der Waals surface area (Å²) in [5.74, 6) is -8.13. The van der Waals surface area contributed by atoms with Crippen molar-refractivity contribution in [3.05, 3.63) is 47.6 Å². The van der Waals surface area contributed by atoms with Crippen LogP contribution in [0.1, 0.15) is 132 Å². The van der Waals surface area contributed by atoms with E-state index in [9.17, 15) is 39.0 Å². The molecule has 3 heterocycles. The summed E-state index contributed by atoms with van der Waals surface area (Å²) in [5.41, 5.74) is 1.25. The first-order chi connectivity index (χ1) is 34.7. The van der Waals surface area contributed by atoms with Crippen LogP contribution in [0, 0.1) is 35.5 Å². The van der Waals surface area contributed by atoms with Gasteiger partial charge in [0.15, 0.2) is 5.78 Å². The van der Waals surface area contributed by atoms with E-state index >= 15 is 0 Å². The topological polar surface area (TPSA) is 223 Å². The lowest BCUT2D eigenvalue weighted by Gasteiger charge is -2.42. The molecule has 0 aromatic rings. The maximum absolute atomic E-state index is 14.5. The smallest absolute Gasteiger partial charge is 0.407 e. The Kier molecular flexibility index (Phi) is 25.1. The molecule has 2 amide bonds. The van der Waals surface area contributed by atoms with Crippen molar-refractivity contribution in [3.8, 4) is 0 Å². The lowest BCUT2D eigenvalue weighted by atomic mass is 9.78. The van der Waals surface area contributed by atoms with Crippen LogP contribution < -0.4 is 5.32 Å². The molecule has 0 aromatic carbocycles. The molecule has 2 unspecified atom stereocenters. The third-order valence-electron chi connectivity index (χ3n) is 15.4. The second-order valence-corrected chi connectivity index (χ2v) is 21.1. The number of ether oxygens (including phenoxy) is 7. The number of esters is 1. The third kappa shape index (κ3) is 17.5. The number of amides is 2. The molecule has 412 valence electrons. The van der Waals surface area contributed by atoms with Gasteiger partial charge in [-0.05, 0) is 114 Å². The first-order valence-corrected chi connectivity index (χ1v) is 26.7. The van der Waals surface area contributed by atoms with Crippen LogP contribution in [-0.2, 0) is 57.1 Å². The van der Waals surface area contributed by atoms with E-state index in [0.717, 1.165) is 12.0 Å². The summed E-state index contributed by atoms with van der Waals surface area (Å²) in [6.45, 7) is 15.3. The van der Waals surface area contributed by atoms with Gasteiger partial charge in [-0.1, -0.05) is 71.1 Å². The minimum Gasteiger partial charge on any atom is -0.460 e. The van der Waals surface area contributed by atoms with Crippen LogP contribution in [-0.4, -0.2) is 153 Å². The Hall–Kier alpha value is -4.10. The lowest BCUT2D eigenvalue weighted by Crippen LogP contribution is -2.61. The van der Waals surface area contributed by atoms with E-state index < -0.39 is 83.9 Å². The quantitative estimate of drug-likeness (QED) is 0.0825. The number of piperidine rings is 1. The highest BCUT2D eigenvalue weighted by Gasteiger charge is 2.53. The molecule has 73 heavy (non-hydrogen) atoms. The van der Waals surface area contributed by atoms with Gasteiger partial charge >= 0.3 is 12.1 Å². The van der Waals surface area contributed by atoms with Gasteiger partial charge < -0.3 is 53.6 Å². The number of hydrogen-bond acceptors (Lipinski definition) is 15. The van der Waals surface area contributed by atoms with E-state index in [1.54, 1.807) is 48.0 Å². The van der Waals surface area contributed by atoms with Gasteiger partial charge in [0.05, 0.1) is 37.6 Å². The zero-order chi connectivity index (χ0) is 54.0. The van der Waals surface area contributed by atoms with Gasteiger partial charge in [-0.25, -0.2) is 9.59 Å². The van der Waals surface area contributed by atoms with Crippen molar-refractivity contribution in [1.82, 2.24) is 10.2 Å². The zero-order valence-corrected chi connectivity index (χ0v) is 45.5. The molecule has 3 N–H and O–H groups in total. The second-order valence-electron chi connectivity index (χ2n) is 21.1. The van der Waals surface area contributed by atoms with E-state index in [4.69, 9.17) is 33.2 Å². The van der Waals surface area contributed by atoms with E-state index in [2.05, 4.69) is 5.32 Å². The number of carbonyl (C=O) groups is 6. The number of fused-ring (bicyclic) bond motifs is 3. The van der Waals surface area contributed by atoms with E-state index in [1.165, 1.54) is 12.0 Å². The van der Waals surface area contributed by atoms with Gasteiger partial charge in [0, 0.05) is 65.0 Å². The summed E-state index contributed by atoms with van der Waals surface area (Å²) < 4.78 is 40.9. The van der Waals surface area contributed by atoms with Crippen molar-refractivity contribution in [2.75, 3.05) is 47.6 Å². The first kappa shape index (κ1) is 61.4. The van der Waals surface area contributed by atoms with Gasteiger partial charge in [0.1, 0.15) is 30.1 Å². The van der Waals surface area contributed by atoms with Crippen molar-refractivity contribution in [2.24, 2.45) is 35.5 Å². The number of methoxy groups -OCH3 is 3. The number of ketones is 3. The average Bonchev–Trinajstić information content (AvgIpc) is 3.36. The normalized spacial score (nSPS) is 37.1. The molecule has 2 bridgehead atoms. The zero-order valence-electron chi connectivity index (χ0n) is 45.5. The molecule has 17 nitrogen and oxygen atoms in total. The molecule has 0 radical (unpaired) electrons. The van der Waals surface area contributed by atoms with Crippen molar-refractivity contribution in [2.45, 2.75) is 187 Å². The fourth-order valence-electron chi connectivity index (χ4n) is 10.8. The molecule has 3 aliphatic heterocycles. The van der Waals surface area contributed by atoms with Crippen LogP contribution in [0.3, 0.4) is 0 Å². The molecule has 17 heteroatoms. The average molecular weight is 1030 g/mol. The molecule has 1 saturated carbocycles. The Labute approximate surface area is 434 Å². The molecular formula is C56H88N2O15. The Morgan fingerprint density at radius 1 is 0.890 bits per heavy atom. The molecule has 0 spiro atoms. The highest BCUT2D eigenvalue weighted by molar-refractivity contribution is 6.39. The first-order valence-electron chi connectivity index (χ1n) is 26.7. The number of hydrogen-bond donors (Lipinski definition) is 3. The van der Waals surface area contributed by atoms with E-state index in [-0.39, 0.29) is 80.7 Å². The number of nitrogens with one attached hydrogen (secondary N) is 1. The fraction of sp³-hybridized carbons (Fsp3) is 0.750. The van der Waals surface area contributed by atoms with Crippen molar-refractivity contribution >= 4 is 35.3 Å². The molecule has 0 aromatic heterocycles. The van der Waals surface area contributed by atoms with Gasteiger partial charge in [-0.15, -0.1) is 0 Å². The number of alkyl carbamates (subject to hydrolysis) is 1. The summed E-state index contributed by atoms with van der Waals surface area (Å²) >= 11 is 0. The number of aliphatic hydroxyl groups excluding tert-OH is 1. The maximum atomic E-state index is 14.5. The highest BCUT2D eigenvalue weighted by Crippen LogP contribution is 2.38. The highest BCUT2D eigenvalue weighted by atomic mass is 16.6. The number of cyclic esters (lactones) is 1. The van der Waals surface area contributed by atoms with Crippen LogP contribution in [0.15, 0.2) is 47.6 Å². The lowest BCUT2D eigenvalue weighted by molar-refractivity contribution is -0.265. The minimum absolute atomic E-state index is 0.00755. The second kappa shape index (κ2) is 29.8. The Morgan fingerprint density at radius 3 is 2.32 bits per heavy atom. The van der Waals surface area contributed by atoms with Gasteiger partial charge in [0.2, 0.25) is 5.79 Å². The minimum atomic E-state index is -2.45. The molecule has 3 fully saturated rings. The van der Waals surface area contributed by atoms with Crippen molar-refractivity contribution in [1.29, 1.82) is 0 Å². The molecule has 1 aliphatic carbocycles. The molecule has 4 rings (SSSR count). The third-order valence-corrected chi connectivity index (χ3v) is 15.4. The van der Waals surface area contributed by atoms with Crippen LogP contribution in [0.4, 0.5) is 4.79 Å². The summed E-state index contributed by atoms with van der Waals surface area (Å²) in [7, 11) is 4.58. The summed E-state index contributed by atoms with van der Waals surface area (Å²) in [6, 6.07) is -1.16. The predicted octanol–water partition coefficient (Wildman–Crippen LogP) is 6.95.